The standard InChI is InChI=1S/C29H23N3O5S/c1-33-21-12-25(22-14-27(37-26(22)13-21)23-15-32-28(30-23)38-29(31-32)34-2)36-16-17-4-3-5-19(10-17)20-7-6-18-8-9-35-24(18)11-20/h3-7,10-15H,8-9,16H2,1-2H3. The van der Waals surface area contributed by atoms with Crippen molar-refractivity contribution < 1.29 is 23.4 Å². The summed E-state index contributed by atoms with van der Waals surface area (Å²) in [6.07, 6.45) is 2.79. The van der Waals surface area contributed by atoms with Gasteiger partial charge in [-0.25, -0.2) is 9.50 Å². The predicted molar refractivity (Wildman–Crippen MR) is 145 cm³/mol. The molecule has 0 saturated carbocycles. The van der Waals surface area contributed by atoms with E-state index in [1.54, 1.807) is 18.7 Å². The Balaban J connectivity index is 1.18. The molecule has 7 rings (SSSR count). The van der Waals surface area contributed by atoms with Crippen LogP contribution in [-0.4, -0.2) is 35.4 Å². The number of methoxy groups -OCH3 is 2. The van der Waals surface area contributed by atoms with Gasteiger partial charge in [-0.3, -0.25) is 0 Å². The molecule has 38 heavy (non-hydrogen) atoms. The van der Waals surface area contributed by atoms with E-state index in [2.05, 4.69) is 46.5 Å². The molecule has 0 amide bonds. The van der Waals surface area contributed by atoms with Crippen LogP contribution >= 0.6 is 11.3 Å². The number of nitrogens with zero attached hydrogens (tertiary/aromatic N) is 3. The molecule has 0 spiro atoms. The van der Waals surface area contributed by atoms with Gasteiger partial charge in [0.05, 0.1) is 32.4 Å². The van der Waals surface area contributed by atoms with Gasteiger partial charge in [0.2, 0.25) is 4.96 Å². The Labute approximate surface area is 222 Å². The number of imidazole rings is 1. The Kier molecular flexibility index (Phi) is 5.44. The van der Waals surface area contributed by atoms with Crippen LogP contribution in [-0.2, 0) is 13.0 Å². The van der Waals surface area contributed by atoms with E-state index >= 15 is 0 Å². The van der Waals surface area contributed by atoms with Crippen molar-refractivity contribution in [3.63, 3.8) is 0 Å². The molecule has 0 unspecified atom stereocenters. The second-order valence-corrected chi connectivity index (χ2v) is 9.90. The molecule has 3 aromatic carbocycles. The van der Waals surface area contributed by atoms with Gasteiger partial charge in [0.25, 0.3) is 5.19 Å². The van der Waals surface area contributed by atoms with Crippen LogP contribution in [0.4, 0.5) is 0 Å². The van der Waals surface area contributed by atoms with Gasteiger partial charge < -0.3 is 23.4 Å². The van der Waals surface area contributed by atoms with Gasteiger partial charge in [-0.1, -0.05) is 30.3 Å². The lowest BCUT2D eigenvalue weighted by molar-refractivity contribution is 0.307. The fourth-order valence-electron chi connectivity index (χ4n) is 4.68. The maximum atomic E-state index is 6.32. The summed E-state index contributed by atoms with van der Waals surface area (Å²) in [5, 5.41) is 5.74. The van der Waals surface area contributed by atoms with Gasteiger partial charge in [-0.2, -0.15) is 0 Å². The molecule has 3 aromatic heterocycles. The van der Waals surface area contributed by atoms with E-state index in [0.717, 1.165) is 45.8 Å². The number of fused-ring (bicyclic) bond motifs is 3. The number of hydrogen-bond donors (Lipinski definition) is 0. The van der Waals surface area contributed by atoms with Crippen molar-refractivity contribution in [1.82, 2.24) is 14.6 Å². The lowest BCUT2D eigenvalue weighted by Gasteiger charge is -2.11. The zero-order valence-electron chi connectivity index (χ0n) is 20.8. The zero-order valence-corrected chi connectivity index (χ0v) is 21.6. The number of hydrogen-bond acceptors (Lipinski definition) is 8. The molecular formula is C29H23N3O5S. The molecule has 4 heterocycles. The lowest BCUT2D eigenvalue weighted by Crippen LogP contribution is -1.97. The molecule has 0 atom stereocenters. The third-order valence-corrected chi connectivity index (χ3v) is 7.50. The highest BCUT2D eigenvalue weighted by molar-refractivity contribution is 7.18. The van der Waals surface area contributed by atoms with E-state index in [0.29, 0.717) is 40.3 Å². The summed E-state index contributed by atoms with van der Waals surface area (Å²) in [5.74, 6) is 2.92. The van der Waals surface area contributed by atoms with E-state index in [4.69, 9.17) is 23.4 Å². The number of furan rings is 1. The third-order valence-electron chi connectivity index (χ3n) is 6.61. The van der Waals surface area contributed by atoms with E-state index < -0.39 is 0 Å². The van der Waals surface area contributed by atoms with Crippen LogP contribution in [0.1, 0.15) is 11.1 Å². The van der Waals surface area contributed by atoms with E-state index in [1.807, 2.05) is 30.5 Å². The molecule has 9 heteroatoms. The highest BCUT2D eigenvalue weighted by Gasteiger charge is 2.18. The van der Waals surface area contributed by atoms with Gasteiger partial charge in [0.15, 0.2) is 5.76 Å². The lowest BCUT2D eigenvalue weighted by atomic mass is 10.0. The summed E-state index contributed by atoms with van der Waals surface area (Å²) in [6, 6.07) is 20.4. The zero-order chi connectivity index (χ0) is 25.6. The summed E-state index contributed by atoms with van der Waals surface area (Å²) in [5.41, 5.74) is 5.90. The topological polar surface area (TPSA) is 80.2 Å². The smallest absolute Gasteiger partial charge is 0.294 e. The normalized spacial score (nSPS) is 12.6. The molecule has 0 fully saturated rings. The van der Waals surface area contributed by atoms with Gasteiger partial charge in [-0.05, 0) is 51.8 Å². The Morgan fingerprint density at radius 2 is 1.92 bits per heavy atom. The third kappa shape index (κ3) is 4.01. The Hall–Kier alpha value is -4.50. The van der Waals surface area contributed by atoms with Gasteiger partial charge in [0, 0.05) is 18.6 Å². The molecular weight excluding hydrogens is 502 g/mol. The fraction of sp³-hybridized carbons (Fsp3) is 0.172. The summed E-state index contributed by atoms with van der Waals surface area (Å²) < 4.78 is 30.6. The molecule has 1 aliphatic rings. The first-order chi connectivity index (χ1) is 18.7. The summed E-state index contributed by atoms with van der Waals surface area (Å²) >= 11 is 1.36. The first-order valence-electron chi connectivity index (χ1n) is 12.2. The minimum Gasteiger partial charge on any atom is -0.496 e. The summed E-state index contributed by atoms with van der Waals surface area (Å²) in [4.78, 5) is 5.36. The van der Waals surface area contributed by atoms with E-state index in [1.165, 1.54) is 16.9 Å². The highest BCUT2D eigenvalue weighted by atomic mass is 32.1. The van der Waals surface area contributed by atoms with Crippen LogP contribution in [0.3, 0.4) is 0 Å². The van der Waals surface area contributed by atoms with Crippen molar-refractivity contribution in [1.29, 1.82) is 0 Å². The fourth-order valence-corrected chi connectivity index (χ4v) is 5.38. The van der Waals surface area contributed by atoms with Crippen LogP contribution in [0.15, 0.2) is 71.3 Å². The largest absolute Gasteiger partial charge is 0.496 e. The second-order valence-electron chi connectivity index (χ2n) is 8.98. The summed E-state index contributed by atoms with van der Waals surface area (Å²) in [7, 11) is 3.21. The van der Waals surface area contributed by atoms with Crippen LogP contribution < -0.4 is 18.9 Å². The molecule has 0 aliphatic carbocycles. The minimum absolute atomic E-state index is 0.391. The van der Waals surface area contributed by atoms with E-state index in [9.17, 15) is 0 Å². The minimum atomic E-state index is 0.391. The molecule has 0 N–H and O–H groups in total. The van der Waals surface area contributed by atoms with Crippen molar-refractivity contribution in [3.05, 3.63) is 78.0 Å². The SMILES string of the molecule is COc1cc(OCc2cccc(-c3ccc4c(c3)OCC4)c2)c2cc(-c3cn4nc(OC)sc4n3)oc2c1. The van der Waals surface area contributed by atoms with Crippen LogP contribution in [0, 0.1) is 0 Å². The molecule has 6 aromatic rings. The molecule has 190 valence electrons. The summed E-state index contributed by atoms with van der Waals surface area (Å²) in [6.45, 7) is 1.14. The van der Waals surface area contributed by atoms with Crippen molar-refractivity contribution >= 4 is 27.3 Å². The Morgan fingerprint density at radius 1 is 1.00 bits per heavy atom. The second kappa shape index (κ2) is 9.11. The molecule has 0 bridgehead atoms. The first-order valence-corrected chi connectivity index (χ1v) is 13.0. The van der Waals surface area contributed by atoms with Crippen LogP contribution in [0.5, 0.6) is 22.4 Å². The molecule has 0 saturated heterocycles. The van der Waals surface area contributed by atoms with Crippen molar-refractivity contribution in [2.45, 2.75) is 13.0 Å². The van der Waals surface area contributed by atoms with Crippen LogP contribution in [0.25, 0.3) is 38.5 Å². The van der Waals surface area contributed by atoms with Crippen LogP contribution in [0.2, 0.25) is 0 Å². The van der Waals surface area contributed by atoms with Crippen molar-refractivity contribution in [3.8, 4) is 45.0 Å². The maximum absolute atomic E-state index is 6.32. The van der Waals surface area contributed by atoms with Crippen molar-refractivity contribution in [2.24, 2.45) is 0 Å². The monoisotopic (exact) mass is 525 g/mol. The first kappa shape index (κ1) is 22.7. The Bertz CT molecular complexity index is 1770. The average molecular weight is 526 g/mol. The van der Waals surface area contributed by atoms with Gasteiger partial charge >= 0.3 is 0 Å². The molecule has 1 aliphatic heterocycles. The van der Waals surface area contributed by atoms with Crippen molar-refractivity contribution in [2.75, 3.05) is 20.8 Å². The van der Waals surface area contributed by atoms with Gasteiger partial charge in [0.1, 0.15) is 35.1 Å². The molecule has 8 nitrogen and oxygen atoms in total. The number of aromatic nitrogens is 3. The number of rotatable bonds is 7. The number of benzene rings is 3. The molecule has 0 radical (unpaired) electrons. The highest BCUT2D eigenvalue weighted by Crippen LogP contribution is 2.38. The van der Waals surface area contributed by atoms with Gasteiger partial charge in [-0.15, -0.1) is 5.10 Å². The Morgan fingerprint density at radius 3 is 2.79 bits per heavy atom. The predicted octanol–water partition coefficient (Wildman–Crippen LogP) is 6.40. The van der Waals surface area contributed by atoms with E-state index in [-0.39, 0.29) is 0 Å². The maximum Gasteiger partial charge on any atom is 0.294 e. The average Bonchev–Trinajstić information content (AvgIpc) is 3.73. The number of ether oxygens (including phenoxy) is 4. The quantitative estimate of drug-likeness (QED) is 0.239.